The molecule has 418 valence electrons. The highest BCUT2D eigenvalue weighted by molar-refractivity contribution is 5.90. The lowest BCUT2D eigenvalue weighted by molar-refractivity contribution is -0.155. The van der Waals surface area contributed by atoms with E-state index < -0.39 is 12.0 Å². The molecule has 0 aliphatic carbocycles. The molecule has 2 N–H and O–H groups in total. The summed E-state index contributed by atoms with van der Waals surface area (Å²) in [6.07, 6.45) is 10.2. The summed E-state index contributed by atoms with van der Waals surface area (Å²) >= 11 is 0. The molecule has 0 aromatic heterocycles. The van der Waals surface area contributed by atoms with Crippen LogP contribution in [-0.4, -0.2) is 140 Å². The van der Waals surface area contributed by atoms with Gasteiger partial charge in [0, 0.05) is 46.0 Å². The van der Waals surface area contributed by atoms with Gasteiger partial charge in [-0.15, -0.1) is 0 Å². The first kappa shape index (κ1) is 66.9. The third-order valence-electron chi connectivity index (χ3n) is 14.4. The van der Waals surface area contributed by atoms with Crippen molar-refractivity contribution in [3.05, 3.63) is 59.9 Å². The Balaban J connectivity index is 0.000000618. The monoisotopic (exact) mass is 1020 g/mol. The van der Waals surface area contributed by atoms with Gasteiger partial charge in [0.2, 0.25) is 23.6 Å². The Bertz CT molecular complexity index is 1760. The van der Waals surface area contributed by atoms with E-state index in [-0.39, 0.29) is 65.5 Å². The molecule has 73 heavy (non-hydrogen) atoms. The lowest BCUT2D eigenvalue weighted by atomic mass is 9.86. The van der Waals surface area contributed by atoms with E-state index in [0.29, 0.717) is 44.4 Å². The highest BCUT2D eigenvalue weighted by atomic mass is 16.7. The zero-order valence-electron chi connectivity index (χ0n) is 48.8. The number of carbonyl (C=O) groups excluding carboxylic acids is 5. The van der Waals surface area contributed by atoms with Crippen molar-refractivity contribution in [2.75, 3.05) is 60.6 Å². The first-order chi connectivity index (χ1) is 34.6. The molecule has 3 heterocycles. The average molecular weight is 1030 g/mol. The molecule has 7 unspecified atom stereocenters. The lowest BCUT2D eigenvalue weighted by Crippen LogP contribution is -2.53. The third kappa shape index (κ3) is 23.1. The SMILES string of the molecule is C=C(CNC(=O)C(C)C(OC)C1CCCN1C(=O)CC(OC)C(CC)C(C)C)N1CCCCO1.C=C1CCC(=O)N1CCCCCCN(C)C(C(=O)NC(C(C)=O)C(C)C)C(C)C.CC.Cc1ccc(C)cc1. The normalized spacial score (nSPS) is 18.2. The molecule has 1 aromatic carbocycles. The van der Waals surface area contributed by atoms with Crippen molar-refractivity contribution in [1.82, 2.24) is 30.4 Å². The van der Waals surface area contributed by atoms with E-state index in [0.717, 1.165) is 95.2 Å². The Hall–Kier alpha value is -4.11. The number of unbranched alkanes of at least 4 members (excludes halogenated alkanes) is 3. The summed E-state index contributed by atoms with van der Waals surface area (Å²) in [6.45, 7) is 38.2. The molecule has 7 atom stereocenters. The fourth-order valence-corrected chi connectivity index (χ4v) is 10.2. The summed E-state index contributed by atoms with van der Waals surface area (Å²) in [5, 5.41) is 7.70. The van der Waals surface area contributed by atoms with Crippen LogP contribution in [0.1, 0.15) is 164 Å². The molecule has 3 aliphatic heterocycles. The van der Waals surface area contributed by atoms with Gasteiger partial charge in [0.25, 0.3) is 0 Å². The molecule has 4 amide bonds. The van der Waals surface area contributed by atoms with Crippen LogP contribution >= 0.6 is 0 Å². The number of Topliss-reactive ketones (excluding diaryl/α,β-unsaturated/α-hetero) is 1. The number of nitrogens with zero attached hydrogens (tertiary/aromatic N) is 4. The summed E-state index contributed by atoms with van der Waals surface area (Å²) in [6, 6.07) is 7.68. The molecule has 0 spiro atoms. The van der Waals surface area contributed by atoms with Crippen LogP contribution in [0.3, 0.4) is 0 Å². The van der Waals surface area contributed by atoms with E-state index in [4.69, 9.17) is 14.3 Å². The molecular formula is C59H104N6O8. The molecule has 3 fully saturated rings. The number of aryl methyl sites for hydroxylation is 2. The highest BCUT2D eigenvalue weighted by Crippen LogP contribution is 2.30. The number of methoxy groups -OCH3 is 2. The first-order valence-electron chi connectivity index (χ1n) is 27.8. The van der Waals surface area contributed by atoms with Gasteiger partial charge in [-0.3, -0.25) is 38.8 Å². The van der Waals surface area contributed by atoms with E-state index in [1.807, 2.05) is 65.3 Å². The summed E-state index contributed by atoms with van der Waals surface area (Å²) in [4.78, 5) is 74.2. The van der Waals surface area contributed by atoms with Crippen LogP contribution in [0.4, 0.5) is 0 Å². The number of hydrogen-bond acceptors (Lipinski definition) is 10. The smallest absolute Gasteiger partial charge is 0.238 e. The van der Waals surface area contributed by atoms with Crippen molar-refractivity contribution in [2.45, 2.75) is 197 Å². The van der Waals surface area contributed by atoms with Crippen LogP contribution in [-0.2, 0) is 38.3 Å². The van der Waals surface area contributed by atoms with Gasteiger partial charge in [0.15, 0.2) is 5.78 Å². The number of allylic oxidation sites excluding steroid dienone is 1. The fourth-order valence-electron chi connectivity index (χ4n) is 10.2. The van der Waals surface area contributed by atoms with Gasteiger partial charge in [-0.1, -0.05) is 137 Å². The lowest BCUT2D eigenvalue weighted by Gasteiger charge is -2.35. The second kappa shape index (κ2) is 36.0. The molecular weight excluding hydrogens is 921 g/mol. The maximum Gasteiger partial charge on any atom is 0.238 e. The molecule has 0 radical (unpaired) electrons. The number of benzene rings is 1. The molecule has 0 bridgehead atoms. The minimum Gasteiger partial charge on any atom is -0.381 e. The minimum atomic E-state index is -0.430. The quantitative estimate of drug-likeness (QED) is 0.0859. The molecule has 0 saturated carbocycles. The Labute approximate surface area is 444 Å². The zero-order chi connectivity index (χ0) is 55.4. The summed E-state index contributed by atoms with van der Waals surface area (Å²) in [5.74, 6) is 0.706. The summed E-state index contributed by atoms with van der Waals surface area (Å²) < 4.78 is 11.6. The van der Waals surface area contributed by atoms with E-state index in [1.165, 1.54) is 18.1 Å². The maximum absolute atomic E-state index is 13.3. The Morgan fingerprint density at radius 3 is 1.93 bits per heavy atom. The number of likely N-dealkylation sites (tertiary alicyclic amines) is 2. The molecule has 14 heteroatoms. The van der Waals surface area contributed by atoms with Crippen LogP contribution in [0, 0.1) is 43.4 Å². The standard InChI is InChI=1S/C26H47N3O5.C23H41N3O3.C8H10.C2H6/c1-8-21(18(2)3)23(32-6)16-24(30)28-13-11-12-22(28)25(33-7)20(5)26(31)27-17-19(4)29-14-9-10-15-34-29;1-16(2)21(19(6)27)24-23(29)22(17(3)4)25(7)14-10-8-9-11-15-26-18(5)12-13-20(26)28;1-7-3-5-8(2)6-4-7;1-2/h18,20-23,25H,4,8-17H2,1-3,5-7H3,(H,27,31);16-17,21-22H,5,8-15H2,1-4,6-7H3,(H,24,29);3-6H,1-2H3;1-2H3. The van der Waals surface area contributed by atoms with E-state index in [9.17, 15) is 24.0 Å². The van der Waals surface area contributed by atoms with Crippen LogP contribution < -0.4 is 10.6 Å². The van der Waals surface area contributed by atoms with Gasteiger partial charge in [-0.2, -0.15) is 0 Å². The van der Waals surface area contributed by atoms with Crippen molar-refractivity contribution in [2.24, 2.45) is 29.6 Å². The Morgan fingerprint density at radius 1 is 0.836 bits per heavy atom. The van der Waals surface area contributed by atoms with E-state index in [2.05, 4.69) is 87.6 Å². The van der Waals surface area contributed by atoms with Gasteiger partial charge >= 0.3 is 0 Å². The molecule has 1 aromatic rings. The summed E-state index contributed by atoms with van der Waals surface area (Å²) in [7, 11) is 5.30. The number of ether oxygens (including phenoxy) is 2. The van der Waals surface area contributed by atoms with Gasteiger partial charge < -0.3 is 29.9 Å². The topological polar surface area (TPSA) is 150 Å². The van der Waals surface area contributed by atoms with Crippen LogP contribution in [0.25, 0.3) is 0 Å². The van der Waals surface area contributed by atoms with Crippen molar-refractivity contribution in [3.8, 4) is 0 Å². The molecule has 3 saturated heterocycles. The third-order valence-corrected chi connectivity index (χ3v) is 14.4. The molecule has 3 aliphatic rings. The van der Waals surface area contributed by atoms with E-state index in [1.54, 1.807) is 19.3 Å². The van der Waals surface area contributed by atoms with Gasteiger partial charge in [0.05, 0.1) is 61.5 Å². The number of hydroxylamine groups is 2. The number of nitrogens with one attached hydrogen (secondary N) is 2. The second-order valence-electron chi connectivity index (χ2n) is 21.2. The largest absolute Gasteiger partial charge is 0.381 e. The van der Waals surface area contributed by atoms with Crippen LogP contribution in [0.15, 0.2) is 48.8 Å². The first-order valence-corrected chi connectivity index (χ1v) is 27.8. The van der Waals surface area contributed by atoms with Crippen molar-refractivity contribution >= 4 is 29.4 Å². The number of likely N-dealkylation sites (N-methyl/N-ethyl adjacent to an activating group) is 1. The molecule has 14 nitrogen and oxygen atoms in total. The minimum absolute atomic E-state index is 0.00215. The van der Waals surface area contributed by atoms with Gasteiger partial charge in [-0.05, 0) is 103 Å². The number of amides is 4. The zero-order valence-corrected chi connectivity index (χ0v) is 48.8. The predicted molar refractivity (Wildman–Crippen MR) is 297 cm³/mol. The van der Waals surface area contributed by atoms with Gasteiger partial charge in [-0.25, -0.2) is 0 Å². The number of rotatable bonds is 26. The molecule has 4 rings (SSSR count). The summed E-state index contributed by atoms with van der Waals surface area (Å²) in [5.41, 5.74) is 4.35. The van der Waals surface area contributed by atoms with Crippen LogP contribution in [0.2, 0.25) is 0 Å². The van der Waals surface area contributed by atoms with Gasteiger partial charge in [0.1, 0.15) is 0 Å². The maximum atomic E-state index is 13.3. The second-order valence-corrected chi connectivity index (χ2v) is 21.2. The number of ketones is 1. The van der Waals surface area contributed by atoms with E-state index >= 15 is 0 Å². The Kier molecular flexibility index (Phi) is 33.0. The number of hydrogen-bond donors (Lipinski definition) is 2. The van der Waals surface area contributed by atoms with Crippen molar-refractivity contribution < 1.29 is 38.3 Å². The van der Waals surface area contributed by atoms with Crippen LogP contribution in [0.5, 0.6) is 0 Å². The number of carbonyl (C=O) groups is 5. The average Bonchev–Trinajstić information content (AvgIpc) is 3.98. The predicted octanol–water partition coefficient (Wildman–Crippen LogP) is 10.1. The van der Waals surface area contributed by atoms with Crippen molar-refractivity contribution in [3.63, 3.8) is 0 Å². The fraction of sp³-hybridized carbons (Fsp3) is 0.746. The van der Waals surface area contributed by atoms with Crippen molar-refractivity contribution in [1.29, 1.82) is 0 Å². The highest BCUT2D eigenvalue weighted by Gasteiger charge is 2.41. The Morgan fingerprint density at radius 2 is 1.45 bits per heavy atom.